The molecule has 4 nitrogen and oxygen atoms in total. The van der Waals surface area contributed by atoms with Crippen LogP contribution < -0.4 is 206 Å². The molecule has 0 aliphatic carbocycles. The van der Waals surface area contributed by atoms with Gasteiger partial charge in [0.1, 0.15) is 0 Å². The van der Waals surface area contributed by atoms with E-state index >= 15 is 0 Å². The van der Waals surface area contributed by atoms with Crippen LogP contribution >= 0.6 is 47.0 Å². The molecule has 2 aromatic carbocycles. The summed E-state index contributed by atoms with van der Waals surface area (Å²) in [7, 11) is 0. The van der Waals surface area contributed by atoms with Crippen molar-refractivity contribution in [3.63, 3.8) is 0 Å². The minimum Gasteiger partial charge on any atom is -0.304 e. The van der Waals surface area contributed by atoms with Crippen molar-refractivity contribution >= 4 is 47.0 Å². The number of hydrogen-bond donors (Lipinski definition) is 0. The van der Waals surface area contributed by atoms with E-state index in [1.54, 1.807) is 12.1 Å². The van der Waals surface area contributed by atoms with Gasteiger partial charge >= 0.3 is 206 Å². The number of nitrogens with zero attached hydrogens (tertiary/aromatic N) is 4. The smallest absolute Gasteiger partial charge is 0.304 e. The Morgan fingerprint density at radius 1 is 0.758 bits per heavy atom. The zero-order valence-electron chi connectivity index (χ0n) is 18.7. The van der Waals surface area contributed by atoms with E-state index in [1.165, 1.54) is 47.0 Å². The van der Waals surface area contributed by atoms with E-state index in [-0.39, 0.29) is 217 Å². The molecule has 2 heterocycles. The molecule has 0 saturated carbocycles. The minimum absolute atomic E-state index is 0. The third-order valence-corrected chi connectivity index (χ3v) is 8.12. The Bertz CT molecular complexity index is 1180. The molecule has 0 saturated heterocycles. The van der Waals surface area contributed by atoms with Crippen LogP contribution in [0.2, 0.25) is 0 Å². The molecule has 0 unspecified atom stereocenters. The summed E-state index contributed by atoms with van der Waals surface area (Å²) in [5.41, 5.74) is 1.32. The number of benzene rings is 2. The average Bonchev–Trinajstić information content (AvgIpc) is 3.34. The second kappa shape index (κ2) is 20.7. The third kappa shape index (κ3) is 11.5. The largest absolute Gasteiger partial charge is 1.00 e. The number of hydrogen-bond acceptors (Lipinski definition) is 6. The molecule has 0 aromatic heterocycles. The molecule has 12 heteroatoms. The minimum atomic E-state index is 0. The zero-order valence-corrected chi connectivity index (χ0v) is 34.4. The van der Waals surface area contributed by atoms with Crippen LogP contribution in [-0.4, -0.2) is 0 Å². The second-order valence-corrected chi connectivity index (χ2v) is 9.76. The van der Waals surface area contributed by atoms with Crippen LogP contribution in [0, 0.1) is 67.0 Å². The van der Waals surface area contributed by atoms with Crippen molar-refractivity contribution in [1.29, 1.82) is 10.5 Å². The predicted octanol–water partition coefficient (Wildman–Crippen LogP) is -5.48. The Labute approximate surface area is 382 Å². The van der Waals surface area contributed by atoms with Crippen LogP contribution in [0.4, 0.5) is 0 Å². The Hall–Kier alpha value is 3.83. The number of rotatable bonds is 0. The van der Waals surface area contributed by atoms with Gasteiger partial charge in [0.15, 0.2) is 0 Å². The van der Waals surface area contributed by atoms with Crippen molar-refractivity contribution in [3.8, 4) is 12.1 Å². The molecule has 0 amide bonds. The van der Waals surface area contributed by atoms with E-state index in [1.807, 2.05) is 25.1 Å². The second-order valence-electron chi connectivity index (χ2n) is 5.16. The average molecular weight is 599 g/mol. The van der Waals surface area contributed by atoms with Gasteiger partial charge in [-0.1, -0.05) is 0 Å². The maximum absolute atomic E-state index is 8.75. The van der Waals surface area contributed by atoms with Crippen molar-refractivity contribution < 1.29 is 206 Å². The Morgan fingerprint density at radius 3 is 1.55 bits per heavy atom. The first kappa shape index (κ1) is 39.0. The molecule has 2 aliphatic heterocycles. The van der Waals surface area contributed by atoms with Crippen molar-refractivity contribution in [2.45, 2.75) is 26.5 Å². The summed E-state index contributed by atoms with van der Waals surface area (Å²) in [6, 6.07) is 21.6. The molecule has 0 fully saturated rings. The normalized spacial score (nSPS) is 12.9. The molecule has 2 aromatic rings. The maximum atomic E-state index is 8.75. The summed E-state index contributed by atoms with van der Waals surface area (Å²) in [6.45, 7) is 15.6. The molecular weight excluding hydrogens is 593 g/mol. The van der Waals surface area contributed by atoms with Crippen LogP contribution in [0.1, 0.15) is 5.56 Å². The Kier molecular flexibility index (Phi) is 24.4. The Balaban J connectivity index is 0. The van der Waals surface area contributed by atoms with E-state index in [9.17, 15) is 0 Å². The van der Waals surface area contributed by atoms with Gasteiger partial charge in [0.05, 0.1) is 25.3 Å². The summed E-state index contributed by atoms with van der Waals surface area (Å²) in [5.74, 6) is 0. The predicted molar refractivity (Wildman–Crippen MR) is 115 cm³/mol. The fraction of sp³-hybridized carbons (Fsp3) is 0.0476. The van der Waals surface area contributed by atoms with E-state index in [0.717, 1.165) is 33.6 Å². The van der Waals surface area contributed by atoms with Gasteiger partial charge < -0.3 is 24.3 Å². The van der Waals surface area contributed by atoms with Gasteiger partial charge in [-0.05, 0) is 0 Å². The van der Waals surface area contributed by atoms with Crippen LogP contribution in [-0.2, 0) is 0 Å². The van der Waals surface area contributed by atoms with Crippen molar-refractivity contribution in [2.75, 3.05) is 0 Å². The van der Waals surface area contributed by atoms with E-state index in [2.05, 4.69) is 34.0 Å². The summed E-state index contributed by atoms with van der Waals surface area (Å²) in [6.07, 6.45) is 0. The van der Waals surface area contributed by atoms with E-state index < -0.39 is 0 Å². The van der Waals surface area contributed by atoms with Crippen LogP contribution in [0.5, 0.6) is 0 Å². The van der Waals surface area contributed by atoms with Gasteiger partial charge in [0.2, 0.25) is 0 Å². The van der Waals surface area contributed by atoms with Crippen LogP contribution in [0.15, 0.2) is 57.6 Å². The summed E-state index contributed by atoms with van der Waals surface area (Å²) < 4.78 is 1.47. The molecule has 2 aliphatic rings. The molecule has 0 atom stereocenters. The Morgan fingerprint density at radius 2 is 1.15 bits per heavy atom. The first-order chi connectivity index (χ1) is 14.1. The molecule has 0 bridgehead atoms. The quantitative estimate of drug-likeness (QED) is 0.172. The number of fused-ring (bicyclic) bond motifs is 2. The first-order valence-electron chi connectivity index (χ1n) is 7.71. The van der Waals surface area contributed by atoms with Gasteiger partial charge in [-0.3, -0.25) is 23.8 Å². The van der Waals surface area contributed by atoms with E-state index in [4.69, 9.17) is 23.7 Å². The van der Waals surface area contributed by atoms with Crippen LogP contribution in [0.25, 0.3) is 9.69 Å². The van der Waals surface area contributed by atoms with E-state index in [0.29, 0.717) is 0 Å². The molecule has 4 rings (SSSR count). The van der Waals surface area contributed by atoms with Gasteiger partial charge in [0.25, 0.3) is 11.4 Å². The van der Waals surface area contributed by atoms with Gasteiger partial charge in [-0.15, -0.1) is 6.92 Å². The number of aryl methyl sites for hydroxylation is 1. The summed E-state index contributed by atoms with van der Waals surface area (Å²) >= 11 is 5.67. The molecule has 33 heavy (non-hydrogen) atoms. The topological polar surface area (TPSA) is 56.3 Å². The number of nitriles is 2. The van der Waals surface area contributed by atoms with Gasteiger partial charge in [-0.2, -0.15) is 47.0 Å². The summed E-state index contributed by atoms with van der Waals surface area (Å²) in [5, 5.41) is 17.4. The fourth-order valence-corrected chi connectivity index (χ4v) is 6.52. The van der Waals surface area contributed by atoms with Crippen molar-refractivity contribution in [2.24, 2.45) is 0 Å². The molecule has 138 valence electrons. The zero-order chi connectivity index (χ0) is 20.8. The van der Waals surface area contributed by atoms with Gasteiger partial charge in [0, 0.05) is 8.47 Å². The maximum Gasteiger partial charge on any atom is 1.00 e. The number of thioether (sulfide) groups is 4. The standard InChI is InChI=1S/C11H4N2S2.C10H2N2S2.4K/c1-7-3-4-9-10(5-7)15-11(14-9)8(6-12)13-2;1-12-7(6-11)10-13-8-4-2-3-5-9(8)14-10;;;;/h3H,1H3;2-3H;;;;/q2*-2;4*+1/b11-8-;;;;;. The molecule has 0 radical (unpaired) electrons. The van der Waals surface area contributed by atoms with Gasteiger partial charge in [-0.25, -0.2) is 39.8 Å². The van der Waals surface area contributed by atoms with Crippen molar-refractivity contribution in [1.82, 2.24) is 0 Å². The third-order valence-electron chi connectivity index (χ3n) is 3.26. The molecular formula is C21H6K4N4S4. The molecule has 0 spiro atoms. The molecule has 0 N–H and O–H groups in total. The fourth-order valence-electron chi connectivity index (χ4n) is 2.01. The summed E-state index contributed by atoms with van der Waals surface area (Å²) in [4.78, 5) is 10.2. The first-order valence-corrected chi connectivity index (χ1v) is 11.0. The SMILES string of the molecule is [C-]#[N+]/C(C#N)=C1/Sc2[c-]cc(C)[c-]c2S1.[C-]#[N+]C(C#N)=C1Sc2[c-]cc[c-]c2S1.[K+].[K+].[K+].[K+]. The van der Waals surface area contributed by atoms with Crippen molar-refractivity contribution in [3.05, 3.63) is 90.7 Å². The number of allylic oxidation sites excluding steroid dienone is 2. The van der Waals surface area contributed by atoms with Crippen LogP contribution in [0.3, 0.4) is 0 Å². The monoisotopic (exact) mass is 598 g/mol.